The van der Waals surface area contributed by atoms with Gasteiger partial charge in [0.1, 0.15) is 0 Å². The number of carbonyl (C=O) groups is 1. The van der Waals surface area contributed by atoms with Crippen LogP contribution >= 0.6 is 11.8 Å². The zero-order valence-electron chi connectivity index (χ0n) is 10.9. The van der Waals surface area contributed by atoms with Crippen molar-refractivity contribution < 1.29 is 4.79 Å². The van der Waals surface area contributed by atoms with Crippen molar-refractivity contribution in [3.63, 3.8) is 0 Å². The van der Waals surface area contributed by atoms with Crippen molar-refractivity contribution in [3.8, 4) is 0 Å². The van der Waals surface area contributed by atoms with E-state index in [9.17, 15) is 4.79 Å². The first-order chi connectivity index (χ1) is 8.76. The topological polar surface area (TPSA) is 29.1 Å². The predicted octanol–water partition coefficient (Wildman–Crippen LogP) is 4.48. The predicted molar refractivity (Wildman–Crippen MR) is 80.1 cm³/mol. The lowest BCUT2D eigenvalue weighted by atomic mass is 10.2. The minimum atomic E-state index is -0.171. The van der Waals surface area contributed by atoms with E-state index in [0.29, 0.717) is 0 Å². The summed E-state index contributed by atoms with van der Waals surface area (Å²) in [7, 11) is 0. The van der Waals surface area contributed by atoms with Crippen LogP contribution in [-0.2, 0) is 4.79 Å². The Kier molecular flexibility index (Phi) is 7.26. The second-order valence-electron chi connectivity index (χ2n) is 4.13. The molecule has 0 atom stereocenters. The first kappa shape index (κ1) is 14.8. The van der Waals surface area contributed by atoms with Crippen LogP contribution in [0.5, 0.6) is 0 Å². The minimum absolute atomic E-state index is 0.171. The van der Waals surface area contributed by atoms with Crippen molar-refractivity contribution in [1.29, 1.82) is 0 Å². The molecule has 0 aliphatic carbocycles. The average Bonchev–Trinajstić information content (AvgIpc) is 2.40. The molecule has 0 spiro atoms. The van der Waals surface area contributed by atoms with Gasteiger partial charge in [0.05, 0.1) is 0 Å². The number of anilines is 1. The van der Waals surface area contributed by atoms with E-state index in [1.807, 2.05) is 36.0 Å². The van der Waals surface area contributed by atoms with Gasteiger partial charge in [-0.25, -0.2) is 0 Å². The fraction of sp³-hybridized carbons (Fsp3) is 0.400. The number of nitrogens with one attached hydrogen (secondary N) is 1. The summed E-state index contributed by atoms with van der Waals surface area (Å²) < 4.78 is 0. The molecule has 1 aromatic rings. The fourth-order valence-electron chi connectivity index (χ4n) is 1.55. The average molecular weight is 263 g/mol. The van der Waals surface area contributed by atoms with Crippen molar-refractivity contribution in [2.45, 2.75) is 37.5 Å². The first-order valence-corrected chi connectivity index (χ1v) is 7.41. The summed E-state index contributed by atoms with van der Waals surface area (Å²) in [6.07, 6.45) is 6.47. The molecule has 0 bridgehead atoms. The normalized spacial score (nSPS) is 10.1. The number of thioether (sulfide) groups is 1. The molecule has 0 fully saturated rings. The molecular formula is C15H21NOS. The van der Waals surface area contributed by atoms with Gasteiger partial charge in [0.2, 0.25) is 5.91 Å². The highest BCUT2D eigenvalue weighted by molar-refractivity contribution is 7.99. The maximum absolute atomic E-state index is 11.1. The van der Waals surface area contributed by atoms with Gasteiger partial charge in [-0.3, -0.25) is 4.79 Å². The molecule has 0 heterocycles. The van der Waals surface area contributed by atoms with E-state index < -0.39 is 0 Å². The Bertz CT molecular complexity index is 373. The Balaban J connectivity index is 2.31. The summed E-state index contributed by atoms with van der Waals surface area (Å²) in [6.45, 7) is 5.65. The third-order valence-corrected chi connectivity index (χ3v) is 3.67. The summed E-state index contributed by atoms with van der Waals surface area (Å²) in [6, 6.07) is 7.94. The molecule has 0 aromatic heterocycles. The molecule has 18 heavy (non-hydrogen) atoms. The van der Waals surface area contributed by atoms with Gasteiger partial charge in [-0.05, 0) is 42.5 Å². The SMILES string of the molecule is C=CC(=O)Nc1ccc(SCCCCCC)cc1. The molecule has 1 aromatic carbocycles. The lowest BCUT2D eigenvalue weighted by Gasteiger charge is -2.04. The largest absolute Gasteiger partial charge is 0.323 e. The van der Waals surface area contributed by atoms with E-state index in [4.69, 9.17) is 0 Å². The Morgan fingerprint density at radius 3 is 2.61 bits per heavy atom. The molecule has 0 radical (unpaired) electrons. The highest BCUT2D eigenvalue weighted by atomic mass is 32.2. The first-order valence-electron chi connectivity index (χ1n) is 6.42. The number of hydrogen-bond donors (Lipinski definition) is 1. The number of hydrogen-bond acceptors (Lipinski definition) is 2. The third kappa shape index (κ3) is 5.92. The summed E-state index contributed by atoms with van der Waals surface area (Å²) in [4.78, 5) is 12.4. The second kappa shape index (κ2) is 8.81. The molecule has 0 unspecified atom stereocenters. The number of carbonyl (C=O) groups excluding carboxylic acids is 1. The number of amides is 1. The van der Waals surface area contributed by atoms with Gasteiger partial charge in [0, 0.05) is 10.6 Å². The van der Waals surface area contributed by atoms with Gasteiger partial charge in [0.15, 0.2) is 0 Å². The maximum atomic E-state index is 11.1. The number of benzene rings is 1. The lowest BCUT2D eigenvalue weighted by Crippen LogP contribution is -2.06. The molecule has 1 amide bonds. The Morgan fingerprint density at radius 1 is 1.28 bits per heavy atom. The quantitative estimate of drug-likeness (QED) is 0.425. The zero-order valence-corrected chi connectivity index (χ0v) is 11.8. The van der Waals surface area contributed by atoms with Crippen LogP contribution in [-0.4, -0.2) is 11.7 Å². The van der Waals surface area contributed by atoms with Crippen LogP contribution in [0, 0.1) is 0 Å². The van der Waals surface area contributed by atoms with E-state index in [1.54, 1.807) is 0 Å². The van der Waals surface area contributed by atoms with Gasteiger partial charge in [-0.1, -0.05) is 32.8 Å². The molecule has 0 saturated heterocycles. The van der Waals surface area contributed by atoms with E-state index in [1.165, 1.54) is 42.4 Å². The van der Waals surface area contributed by atoms with Gasteiger partial charge in [-0.15, -0.1) is 11.8 Å². The standard InChI is InChI=1S/C15H21NOS/c1-3-5-6-7-12-18-14-10-8-13(9-11-14)16-15(17)4-2/h4,8-11H,2-3,5-7,12H2,1H3,(H,16,17). The van der Waals surface area contributed by atoms with E-state index in [0.717, 1.165) is 5.69 Å². The molecule has 98 valence electrons. The molecule has 1 rings (SSSR count). The van der Waals surface area contributed by atoms with Crippen LogP contribution < -0.4 is 5.32 Å². The van der Waals surface area contributed by atoms with Gasteiger partial charge in [-0.2, -0.15) is 0 Å². The number of unbranched alkanes of at least 4 members (excludes halogenated alkanes) is 3. The molecule has 0 aliphatic rings. The molecule has 0 aliphatic heterocycles. The Morgan fingerprint density at radius 2 is 2.00 bits per heavy atom. The van der Waals surface area contributed by atoms with Gasteiger partial charge in [0.25, 0.3) is 0 Å². The van der Waals surface area contributed by atoms with E-state index >= 15 is 0 Å². The van der Waals surface area contributed by atoms with Gasteiger partial charge >= 0.3 is 0 Å². The summed E-state index contributed by atoms with van der Waals surface area (Å²) in [5.74, 6) is 0.994. The van der Waals surface area contributed by atoms with Crippen molar-refractivity contribution in [3.05, 3.63) is 36.9 Å². The highest BCUT2D eigenvalue weighted by Gasteiger charge is 1.98. The second-order valence-corrected chi connectivity index (χ2v) is 5.30. The van der Waals surface area contributed by atoms with Crippen LogP contribution in [0.2, 0.25) is 0 Å². The maximum Gasteiger partial charge on any atom is 0.247 e. The van der Waals surface area contributed by atoms with E-state index in [-0.39, 0.29) is 5.91 Å². The lowest BCUT2D eigenvalue weighted by molar-refractivity contribution is -0.111. The smallest absolute Gasteiger partial charge is 0.247 e. The van der Waals surface area contributed by atoms with Gasteiger partial charge < -0.3 is 5.32 Å². The van der Waals surface area contributed by atoms with Crippen molar-refractivity contribution in [1.82, 2.24) is 0 Å². The summed E-state index contributed by atoms with van der Waals surface area (Å²) in [5, 5.41) is 2.74. The van der Waals surface area contributed by atoms with Crippen molar-refractivity contribution in [2.75, 3.05) is 11.1 Å². The highest BCUT2D eigenvalue weighted by Crippen LogP contribution is 2.21. The monoisotopic (exact) mass is 263 g/mol. The summed E-state index contributed by atoms with van der Waals surface area (Å²) >= 11 is 1.87. The van der Waals surface area contributed by atoms with Crippen LogP contribution in [0.4, 0.5) is 5.69 Å². The fourth-order valence-corrected chi connectivity index (χ4v) is 2.46. The van der Waals surface area contributed by atoms with Crippen LogP contribution in [0.3, 0.4) is 0 Å². The molecule has 3 heteroatoms. The van der Waals surface area contributed by atoms with Crippen molar-refractivity contribution >= 4 is 23.4 Å². The van der Waals surface area contributed by atoms with Crippen LogP contribution in [0.1, 0.15) is 32.6 Å². The zero-order chi connectivity index (χ0) is 13.2. The molecule has 2 nitrogen and oxygen atoms in total. The molecular weight excluding hydrogens is 242 g/mol. The number of rotatable bonds is 8. The Labute approximate surface area is 114 Å². The van der Waals surface area contributed by atoms with Crippen molar-refractivity contribution in [2.24, 2.45) is 0 Å². The Hall–Kier alpha value is -1.22. The summed E-state index contributed by atoms with van der Waals surface area (Å²) in [5.41, 5.74) is 0.815. The van der Waals surface area contributed by atoms with Crippen LogP contribution in [0.25, 0.3) is 0 Å². The molecule has 1 N–H and O–H groups in total. The molecule has 0 saturated carbocycles. The van der Waals surface area contributed by atoms with Crippen LogP contribution in [0.15, 0.2) is 41.8 Å². The minimum Gasteiger partial charge on any atom is -0.323 e. The van der Waals surface area contributed by atoms with E-state index in [2.05, 4.69) is 18.8 Å². The third-order valence-electron chi connectivity index (χ3n) is 2.57.